The van der Waals surface area contributed by atoms with Crippen molar-refractivity contribution < 1.29 is 14.6 Å². The molecule has 0 saturated carbocycles. The highest BCUT2D eigenvalue weighted by molar-refractivity contribution is 5.86. The number of aromatic nitrogens is 2. The zero-order valence-corrected chi connectivity index (χ0v) is 10.8. The number of anilines is 1. The molecule has 1 aromatic heterocycles. The number of ether oxygens (including phenoxy) is 1. The number of nitrogens with zero attached hydrogens (tertiary/aromatic N) is 3. The highest BCUT2D eigenvalue weighted by Crippen LogP contribution is 2.09. The van der Waals surface area contributed by atoms with Gasteiger partial charge >= 0.3 is 5.97 Å². The van der Waals surface area contributed by atoms with E-state index in [2.05, 4.69) is 14.9 Å². The van der Waals surface area contributed by atoms with E-state index in [0.717, 1.165) is 25.8 Å². The molecule has 0 aliphatic heterocycles. The van der Waals surface area contributed by atoms with Crippen molar-refractivity contribution >= 4 is 11.8 Å². The maximum atomic E-state index is 11.2. The maximum Gasteiger partial charge on any atom is 0.358 e. The summed E-state index contributed by atoms with van der Waals surface area (Å²) in [5.74, 6) is 0.228. The molecule has 0 aliphatic carbocycles. The second kappa shape index (κ2) is 7.60. The number of rotatable bonds is 7. The van der Waals surface area contributed by atoms with E-state index in [-0.39, 0.29) is 12.3 Å². The first-order valence-corrected chi connectivity index (χ1v) is 5.93. The number of unbranched alkanes of at least 4 members (excludes halogenated alkanes) is 2. The first-order valence-electron chi connectivity index (χ1n) is 5.93. The third kappa shape index (κ3) is 4.29. The fourth-order valence-corrected chi connectivity index (χ4v) is 1.49. The predicted octanol–water partition coefficient (Wildman–Crippen LogP) is 0.862. The van der Waals surface area contributed by atoms with Crippen molar-refractivity contribution in [3.63, 3.8) is 0 Å². The SMILES string of the molecule is COC(=O)c1ccc(N(C)CCCCCO)nn1. The summed E-state index contributed by atoms with van der Waals surface area (Å²) in [5, 5.41) is 16.5. The molecular formula is C12H19N3O3. The van der Waals surface area contributed by atoms with Crippen LogP contribution >= 0.6 is 0 Å². The van der Waals surface area contributed by atoms with Crippen LogP contribution in [-0.4, -0.2) is 48.6 Å². The number of aliphatic hydroxyl groups is 1. The number of aliphatic hydroxyl groups excluding tert-OH is 1. The Balaban J connectivity index is 2.48. The van der Waals surface area contributed by atoms with Gasteiger partial charge in [-0.25, -0.2) is 4.79 Å². The molecule has 0 unspecified atom stereocenters. The van der Waals surface area contributed by atoms with Crippen LogP contribution in [0.1, 0.15) is 29.8 Å². The van der Waals surface area contributed by atoms with Gasteiger partial charge in [0, 0.05) is 20.2 Å². The Bertz CT molecular complexity index is 367. The lowest BCUT2D eigenvalue weighted by molar-refractivity contribution is 0.0592. The summed E-state index contributed by atoms with van der Waals surface area (Å²) in [7, 11) is 3.23. The zero-order chi connectivity index (χ0) is 13.4. The lowest BCUT2D eigenvalue weighted by Gasteiger charge is -2.17. The van der Waals surface area contributed by atoms with E-state index >= 15 is 0 Å². The normalized spacial score (nSPS) is 10.2. The molecular weight excluding hydrogens is 234 g/mol. The van der Waals surface area contributed by atoms with Crippen LogP contribution in [0.25, 0.3) is 0 Å². The summed E-state index contributed by atoms with van der Waals surface area (Å²) in [6, 6.07) is 3.34. The molecule has 6 nitrogen and oxygen atoms in total. The predicted molar refractivity (Wildman–Crippen MR) is 67.6 cm³/mol. The van der Waals surface area contributed by atoms with Crippen LogP contribution in [0, 0.1) is 0 Å². The number of methoxy groups -OCH3 is 1. The van der Waals surface area contributed by atoms with Gasteiger partial charge in [0.15, 0.2) is 11.5 Å². The van der Waals surface area contributed by atoms with E-state index in [1.807, 2.05) is 11.9 Å². The Morgan fingerprint density at radius 2 is 2.11 bits per heavy atom. The van der Waals surface area contributed by atoms with Crippen LogP contribution in [0.15, 0.2) is 12.1 Å². The first kappa shape index (κ1) is 14.4. The highest BCUT2D eigenvalue weighted by atomic mass is 16.5. The summed E-state index contributed by atoms with van der Waals surface area (Å²) in [4.78, 5) is 13.1. The smallest absolute Gasteiger partial charge is 0.358 e. The van der Waals surface area contributed by atoms with Gasteiger partial charge in [0.05, 0.1) is 7.11 Å². The van der Waals surface area contributed by atoms with E-state index in [9.17, 15) is 4.79 Å². The molecule has 0 amide bonds. The van der Waals surface area contributed by atoms with Crippen molar-refractivity contribution in [3.05, 3.63) is 17.8 Å². The van der Waals surface area contributed by atoms with E-state index in [0.29, 0.717) is 5.82 Å². The fraction of sp³-hybridized carbons (Fsp3) is 0.583. The van der Waals surface area contributed by atoms with Gasteiger partial charge in [0.2, 0.25) is 0 Å². The van der Waals surface area contributed by atoms with E-state index in [1.54, 1.807) is 12.1 Å². The second-order valence-electron chi connectivity index (χ2n) is 3.97. The molecule has 1 aromatic rings. The quantitative estimate of drug-likeness (QED) is 0.574. The minimum Gasteiger partial charge on any atom is -0.464 e. The molecule has 1 rings (SSSR count). The molecule has 0 fully saturated rings. The Labute approximate surface area is 107 Å². The minimum atomic E-state index is -0.486. The van der Waals surface area contributed by atoms with Crippen molar-refractivity contribution in [3.8, 4) is 0 Å². The molecule has 1 heterocycles. The molecule has 6 heteroatoms. The lowest BCUT2D eigenvalue weighted by Crippen LogP contribution is -2.20. The fourth-order valence-electron chi connectivity index (χ4n) is 1.49. The van der Waals surface area contributed by atoms with Crippen LogP contribution < -0.4 is 4.90 Å². The standard InChI is InChI=1S/C12H19N3O3/c1-15(8-4-3-5-9-16)11-7-6-10(13-14-11)12(17)18-2/h6-7,16H,3-5,8-9H2,1-2H3. The average molecular weight is 253 g/mol. The van der Waals surface area contributed by atoms with Crippen LogP contribution in [0.2, 0.25) is 0 Å². The number of hydrogen-bond donors (Lipinski definition) is 1. The minimum absolute atomic E-state index is 0.204. The molecule has 100 valence electrons. The maximum absolute atomic E-state index is 11.2. The third-order valence-corrected chi connectivity index (χ3v) is 2.59. The summed E-state index contributed by atoms with van der Waals surface area (Å²) >= 11 is 0. The van der Waals surface area contributed by atoms with Crippen molar-refractivity contribution in [2.45, 2.75) is 19.3 Å². The van der Waals surface area contributed by atoms with Crippen molar-refractivity contribution in [2.24, 2.45) is 0 Å². The van der Waals surface area contributed by atoms with Gasteiger partial charge in [-0.2, -0.15) is 0 Å². The van der Waals surface area contributed by atoms with Gasteiger partial charge in [0.1, 0.15) is 0 Å². The monoisotopic (exact) mass is 253 g/mol. The summed E-state index contributed by atoms with van der Waals surface area (Å²) in [6.07, 6.45) is 2.78. The average Bonchev–Trinajstić information content (AvgIpc) is 2.42. The largest absolute Gasteiger partial charge is 0.464 e. The van der Waals surface area contributed by atoms with Crippen LogP contribution in [0.5, 0.6) is 0 Å². The summed E-state index contributed by atoms with van der Waals surface area (Å²) < 4.78 is 4.55. The van der Waals surface area contributed by atoms with Crippen LogP contribution in [0.4, 0.5) is 5.82 Å². The molecule has 1 N–H and O–H groups in total. The molecule has 18 heavy (non-hydrogen) atoms. The van der Waals surface area contributed by atoms with Crippen molar-refractivity contribution in [2.75, 3.05) is 32.2 Å². The lowest BCUT2D eigenvalue weighted by atomic mass is 10.2. The summed E-state index contributed by atoms with van der Waals surface area (Å²) in [6.45, 7) is 1.07. The van der Waals surface area contributed by atoms with Gasteiger partial charge in [-0.1, -0.05) is 0 Å². The van der Waals surface area contributed by atoms with Crippen molar-refractivity contribution in [1.82, 2.24) is 10.2 Å². The van der Waals surface area contributed by atoms with Gasteiger partial charge in [-0.05, 0) is 31.4 Å². The Kier molecular flexibility index (Phi) is 6.07. The third-order valence-electron chi connectivity index (χ3n) is 2.59. The number of hydrogen-bond acceptors (Lipinski definition) is 6. The molecule has 0 atom stereocenters. The zero-order valence-electron chi connectivity index (χ0n) is 10.8. The Morgan fingerprint density at radius 3 is 2.67 bits per heavy atom. The van der Waals surface area contributed by atoms with Crippen LogP contribution in [-0.2, 0) is 4.74 Å². The van der Waals surface area contributed by atoms with Crippen LogP contribution in [0.3, 0.4) is 0 Å². The Hall–Kier alpha value is -1.69. The molecule has 0 spiro atoms. The highest BCUT2D eigenvalue weighted by Gasteiger charge is 2.09. The molecule has 0 radical (unpaired) electrons. The molecule has 0 saturated heterocycles. The Morgan fingerprint density at radius 1 is 1.33 bits per heavy atom. The molecule has 0 aromatic carbocycles. The number of esters is 1. The first-order chi connectivity index (χ1) is 8.69. The molecule has 0 aliphatic rings. The van der Waals surface area contributed by atoms with Gasteiger partial charge in [-0.15, -0.1) is 10.2 Å². The van der Waals surface area contributed by atoms with E-state index in [1.165, 1.54) is 7.11 Å². The topological polar surface area (TPSA) is 75.5 Å². The second-order valence-corrected chi connectivity index (χ2v) is 3.97. The van der Waals surface area contributed by atoms with Gasteiger partial charge in [-0.3, -0.25) is 0 Å². The molecule has 0 bridgehead atoms. The van der Waals surface area contributed by atoms with Crippen molar-refractivity contribution in [1.29, 1.82) is 0 Å². The number of carbonyl (C=O) groups is 1. The van der Waals surface area contributed by atoms with Gasteiger partial charge in [0.25, 0.3) is 0 Å². The van der Waals surface area contributed by atoms with E-state index < -0.39 is 5.97 Å². The van der Waals surface area contributed by atoms with Gasteiger partial charge < -0.3 is 14.7 Å². The summed E-state index contributed by atoms with van der Waals surface area (Å²) in [5.41, 5.74) is 0.204. The number of carbonyl (C=O) groups excluding carboxylic acids is 1. The van der Waals surface area contributed by atoms with E-state index in [4.69, 9.17) is 5.11 Å².